The molecule has 0 aromatic heterocycles. The van der Waals surface area contributed by atoms with Crippen molar-refractivity contribution in [3.63, 3.8) is 0 Å². The number of amides is 1. The van der Waals surface area contributed by atoms with Gasteiger partial charge in [-0.3, -0.25) is 14.0 Å². The molecule has 2 aromatic rings. The van der Waals surface area contributed by atoms with Crippen LogP contribution in [0.1, 0.15) is 37.3 Å². The molecule has 0 spiro atoms. The van der Waals surface area contributed by atoms with Gasteiger partial charge in [-0.2, -0.15) is 0 Å². The molecule has 1 heterocycles. The molecule has 3 rings (SSSR count). The number of sulfonamides is 1. The number of benzene rings is 2. The van der Waals surface area contributed by atoms with Crippen LogP contribution in [0.2, 0.25) is 10.0 Å². The summed E-state index contributed by atoms with van der Waals surface area (Å²) in [5.41, 5.74) is 2.44. The number of carbonyl (C=O) groups is 1. The molecule has 0 unspecified atom stereocenters. The molecule has 1 aliphatic rings. The van der Waals surface area contributed by atoms with Crippen LogP contribution in [0.4, 0.5) is 5.69 Å². The van der Waals surface area contributed by atoms with Gasteiger partial charge in [0, 0.05) is 23.1 Å². The first-order chi connectivity index (χ1) is 15.1. The largest absolute Gasteiger partial charge is 0.350 e. The zero-order valence-electron chi connectivity index (χ0n) is 18.4. The van der Waals surface area contributed by atoms with Gasteiger partial charge in [0.2, 0.25) is 15.9 Å². The van der Waals surface area contributed by atoms with E-state index in [-0.39, 0.29) is 5.69 Å². The third-order valence-corrected chi connectivity index (χ3v) is 7.28. The third-order valence-electron chi connectivity index (χ3n) is 5.60. The number of hydrogen-bond acceptors (Lipinski definition) is 4. The fourth-order valence-electron chi connectivity index (χ4n) is 4.05. The molecule has 6 nitrogen and oxygen atoms in total. The minimum absolute atomic E-state index is 0.248. The summed E-state index contributed by atoms with van der Waals surface area (Å²) in [6.45, 7) is 4.89. The summed E-state index contributed by atoms with van der Waals surface area (Å²) in [5, 5.41) is 3.48. The number of anilines is 1. The monoisotopic (exact) mass is 497 g/mol. The third kappa shape index (κ3) is 6.61. The molecule has 1 fully saturated rings. The average molecular weight is 498 g/mol. The Hall–Kier alpha value is -1.80. The second-order valence-corrected chi connectivity index (χ2v) is 10.9. The Morgan fingerprint density at radius 2 is 1.66 bits per heavy atom. The predicted octanol–water partition coefficient (Wildman–Crippen LogP) is 4.45. The Kier molecular flexibility index (Phi) is 8.44. The lowest BCUT2D eigenvalue weighted by molar-refractivity contribution is -0.122. The number of nitrogens with one attached hydrogen (secondary N) is 1. The van der Waals surface area contributed by atoms with Crippen LogP contribution in [0.5, 0.6) is 0 Å². The van der Waals surface area contributed by atoms with Crippen LogP contribution >= 0.6 is 23.2 Å². The predicted molar refractivity (Wildman–Crippen MR) is 131 cm³/mol. The normalized spacial score (nSPS) is 15.9. The van der Waals surface area contributed by atoms with Crippen LogP contribution in [0, 0.1) is 0 Å². The zero-order chi connectivity index (χ0) is 23.3. The van der Waals surface area contributed by atoms with Crippen molar-refractivity contribution < 1.29 is 13.2 Å². The molecule has 0 aliphatic carbocycles. The number of nitrogens with zero attached hydrogens (tertiary/aromatic N) is 2. The summed E-state index contributed by atoms with van der Waals surface area (Å²) < 4.78 is 26.1. The fourth-order valence-corrected chi connectivity index (χ4v) is 5.72. The molecule has 0 saturated carbocycles. The van der Waals surface area contributed by atoms with Crippen molar-refractivity contribution >= 4 is 44.8 Å². The van der Waals surface area contributed by atoms with Crippen LogP contribution < -0.4 is 9.62 Å². The first kappa shape index (κ1) is 24.8. The van der Waals surface area contributed by atoms with Gasteiger partial charge in [-0.1, -0.05) is 53.9 Å². The Bertz CT molecular complexity index is 1040. The zero-order valence-corrected chi connectivity index (χ0v) is 20.7. The second-order valence-electron chi connectivity index (χ2n) is 8.19. The van der Waals surface area contributed by atoms with Crippen molar-refractivity contribution in [2.75, 3.05) is 23.7 Å². The van der Waals surface area contributed by atoms with Gasteiger partial charge in [0.05, 0.1) is 11.9 Å². The van der Waals surface area contributed by atoms with Crippen molar-refractivity contribution in [1.29, 1.82) is 0 Å². The summed E-state index contributed by atoms with van der Waals surface area (Å²) in [6.07, 6.45) is 4.76. The number of likely N-dealkylation sites (tertiary alicyclic amines) is 1. The highest BCUT2D eigenvalue weighted by Gasteiger charge is 2.29. The number of piperidine rings is 1. The van der Waals surface area contributed by atoms with Gasteiger partial charge >= 0.3 is 0 Å². The lowest BCUT2D eigenvalue weighted by Crippen LogP contribution is -2.47. The molecular weight excluding hydrogens is 469 g/mol. The number of rotatable bonds is 8. The van der Waals surface area contributed by atoms with E-state index in [0.29, 0.717) is 16.6 Å². The summed E-state index contributed by atoms with van der Waals surface area (Å²) in [5.74, 6) is -0.403. The summed E-state index contributed by atoms with van der Waals surface area (Å²) in [4.78, 5) is 15.4. The maximum Gasteiger partial charge on any atom is 0.243 e. The molecule has 0 radical (unpaired) electrons. The van der Waals surface area contributed by atoms with Crippen LogP contribution in [0.25, 0.3) is 0 Å². The smallest absolute Gasteiger partial charge is 0.243 e. The Balaban J connectivity index is 1.73. The van der Waals surface area contributed by atoms with Crippen molar-refractivity contribution in [1.82, 2.24) is 10.2 Å². The van der Waals surface area contributed by atoms with Crippen LogP contribution in [-0.4, -0.2) is 44.6 Å². The highest BCUT2D eigenvalue weighted by atomic mass is 35.5. The van der Waals surface area contributed by atoms with E-state index in [1.807, 2.05) is 18.2 Å². The average Bonchev–Trinajstić information content (AvgIpc) is 2.72. The highest BCUT2D eigenvalue weighted by molar-refractivity contribution is 7.92. The van der Waals surface area contributed by atoms with E-state index in [4.69, 9.17) is 23.2 Å². The first-order valence-electron chi connectivity index (χ1n) is 10.7. The molecule has 1 atom stereocenters. The first-order valence-corrected chi connectivity index (χ1v) is 13.3. The van der Waals surface area contributed by atoms with Crippen LogP contribution in [0.3, 0.4) is 0 Å². The molecule has 1 aliphatic heterocycles. The van der Waals surface area contributed by atoms with Gasteiger partial charge in [0.1, 0.15) is 6.04 Å². The van der Waals surface area contributed by atoms with E-state index in [9.17, 15) is 13.2 Å². The van der Waals surface area contributed by atoms with Crippen molar-refractivity contribution in [3.05, 3.63) is 63.6 Å². The lowest BCUT2D eigenvalue weighted by Gasteiger charge is -2.29. The van der Waals surface area contributed by atoms with Gasteiger partial charge in [0.25, 0.3) is 0 Å². The van der Waals surface area contributed by atoms with Crippen LogP contribution in [0.15, 0.2) is 42.5 Å². The quantitative estimate of drug-likeness (QED) is 0.584. The topological polar surface area (TPSA) is 69.7 Å². The van der Waals surface area contributed by atoms with Gasteiger partial charge in [-0.25, -0.2) is 8.42 Å². The van der Waals surface area contributed by atoms with E-state index in [0.717, 1.165) is 35.8 Å². The van der Waals surface area contributed by atoms with Gasteiger partial charge in [-0.05, 0) is 62.2 Å². The summed E-state index contributed by atoms with van der Waals surface area (Å²) in [6, 6.07) is 11.5. The Labute approximate surface area is 200 Å². The molecule has 0 bridgehead atoms. The second kappa shape index (κ2) is 10.9. The van der Waals surface area contributed by atoms with E-state index in [1.54, 1.807) is 6.92 Å². The molecule has 1 N–H and O–H groups in total. The molecule has 9 heteroatoms. The fraction of sp³-hybridized carbons (Fsp3) is 0.435. The lowest BCUT2D eigenvalue weighted by atomic mass is 10.0. The van der Waals surface area contributed by atoms with Crippen LogP contribution in [-0.2, 0) is 27.9 Å². The molecule has 1 saturated heterocycles. The number of carbonyl (C=O) groups excluding carboxylic acids is 1. The molecule has 174 valence electrons. The van der Waals surface area contributed by atoms with E-state index >= 15 is 0 Å². The minimum Gasteiger partial charge on any atom is -0.350 e. The van der Waals surface area contributed by atoms with Gasteiger partial charge in [0.15, 0.2) is 0 Å². The Morgan fingerprint density at radius 3 is 2.25 bits per heavy atom. The Morgan fingerprint density at radius 1 is 1.06 bits per heavy atom. The molecular formula is C23H29Cl2N3O3S. The van der Waals surface area contributed by atoms with E-state index < -0.39 is 22.0 Å². The van der Waals surface area contributed by atoms with E-state index in [1.165, 1.54) is 43.0 Å². The highest BCUT2D eigenvalue weighted by Crippen LogP contribution is 2.28. The molecule has 1 amide bonds. The van der Waals surface area contributed by atoms with E-state index in [2.05, 4.69) is 16.3 Å². The van der Waals surface area contributed by atoms with Gasteiger partial charge in [-0.15, -0.1) is 0 Å². The van der Waals surface area contributed by atoms with Crippen molar-refractivity contribution in [2.24, 2.45) is 0 Å². The summed E-state index contributed by atoms with van der Waals surface area (Å²) in [7, 11) is -3.76. The number of hydrogen-bond donors (Lipinski definition) is 1. The van der Waals surface area contributed by atoms with Gasteiger partial charge < -0.3 is 5.32 Å². The number of halogens is 2. The van der Waals surface area contributed by atoms with Crippen molar-refractivity contribution in [3.8, 4) is 0 Å². The molecule has 32 heavy (non-hydrogen) atoms. The maximum absolute atomic E-state index is 13.0. The minimum atomic E-state index is -3.76. The molecule has 2 aromatic carbocycles. The van der Waals surface area contributed by atoms with Crippen molar-refractivity contribution in [2.45, 2.75) is 45.3 Å². The standard InChI is InChI=1S/C23H29Cl2N3O3S/c1-17(28(32(2,30)31)22-13-20(24)12-21(25)14-22)23(29)26-15-18-8-4-5-9-19(18)16-27-10-6-3-7-11-27/h4-5,8-9,12-14,17H,3,6-7,10-11,15-16H2,1-2H3,(H,26,29)/t17-/m0/s1. The maximum atomic E-state index is 13.0. The SMILES string of the molecule is C[C@@H](C(=O)NCc1ccccc1CN1CCCCC1)N(c1cc(Cl)cc(Cl)c1)S(C)(=O)=O. The summed E-state index contributed by atoms with van der Waals surface area (Å²) >= 11 is 12.1.